The summed E-state index contributed by atoms with van der Waals surface area (Å²) >= 11 is 1.45. The molecule has 4 rings (SSSR count). The van der Waals surface area contributed by atoms with Crippen molar-refractivity contribution in [3.8, 4) is 11.3 Å². The maximum atomic E-state index is 12.5. The molecule has 0 aliphatic carbocycles. The Morgan fingerprint density at radius 3 is 2.31 bits per heavy atom. The monoisotopic (exact) mass is 455 g/mol. The zero-order chi connectivity index (χ0) is 22.5. The number of piperidine rings is 1. The second-order valence-corrected chi connectivity index (χ2v) is 9.74. The maximum Gasteiger partial charge on any atom is 0.240 e. The van der Waals surface area contributed by atoms with Crippen molar-refractivity contribution in [3.05, 3.63) is 34.7 Å². The quantitative estimate of drug-likeness (QED) is 0.725. The number of hydrogen-bond acceptors (Lipinski definition) is 6. The first-order valence-electron chi connectivity index (χ1n) is 11.5. The number of hydrogen-bond donors (Lipinski definition) is 1. The SMILES string of the molecule is Cc1ccc(-c2csc(NC(=O)CN3CCN(CC(=O)N4CCCCC4)CC3)n2)cc1C. The predicted octanol–water partition coefficient (Wildman–Crippen LogP) is 3.00. The summed E-state index contributed by atoms with van der Waals surface area (Å²) in [5.41, 5.74) is 4.45. The van der Waals surface area contributed by atoms with Gasteiger partial charge in [-0.25, -0.2) is 4.98 Å². The Labute approximate surface area is 194 Å². The molecule has 2 aliphatic heterocycles. The third-order valence-corrected chi connectivity index (χ3v) is 7.21. The predicted molar refractivity (Wildman–Crippen MR) is 129 cm³/mol. The highest BCUT2D eigenvalue weighted by Crippen LogP contribution is 2.26. The van der Waals surface area contributed by atoms with Gasteiger partial charge in [-0.05, 0) is 50.3 Å². The fourth-order valence-corrected chi connectivity index (χ4v) is 5.00. The van der Waals surface area contributed by atoms with Gasteiger partial charge in [-0.2, -0.15) is 0 Å². The number of likely N-dealkylation sites (tertiary alicyclic amines) is 1. The number of carbonyl (C=O) groups is 2. The van der Waals surface area contributed by atoms with Crippen LogP contribution in [-0.4, -0.2) is 83.9 Å². The summed E-state index contributed by atoms with van der Waals surface area (Å²) in [5, 5.41) is 5.56. The van der Waals surface area contributed by atoms with Gasteiger partial charge < -0.3 is 10.2 Å². The van der Waals surface area contributed by atoms with Crippen molar-refractivity contribution in [2.45, 2.75) is 33.1 Å². The second-order valence-electron chi connectivity index (χ2n) is 8.88. The van der Waals surface area contributed by atoms with Crippen molar-refractivity contribution < 1.29 is 9.59 Å². The first-order valence-corrected chi connectivity index (χ1v) is 12.4. The van der Waals surface area contributed by atoms with Crippen LogP contribution < -0.4 is 5.32 Å². The van der Waals surface area contributed by atoms with E-state index in [9.17, 15) is 9.59 Å². The first-order chi connectivity index (χ1) is 15.5. The Morgan fingerprint density at radius 2 is 1.62 bits per heavy atom. The van der Waals surface area contributed by atoms with E-state index in [0.717, 1.165) is 63.4 Å². The molecule has 2 aliphatic rings. The lowest BCUT2D eigenvalue weighted by Crippen LogP contribution is -2.51. The molecule has 1 aromatic heterocycles. The van der Waals surface area contributed by atoms with Crippen LogP contribution in [0.15, 0.2) is 23.6 Å². The summed E-state index contributed by atoms with van der Waals surface area (Å²) in [4.78, 5) is 36.0. The first kappa shape index (κ1) is 22.9. The van der Waals surface area contributed by atoms with E-state index in [1.807, 2.05) is 10.3 Å². The number of amides is 2. The van der Waals surface area contributed by atoms with E-state index in [2.05, 4.69) is 52.1 Å². The highest BCUT2D eigenvalue weighted by Gasteiger charge is 2.23. The lowest BCUT2D eigenvalue weighted by Gasteiger charge is -2.35. The minimum absolute atomic E-state index is 0.0381. The number of rotatable bonds is 6. The summed E-state index contributed by atoms with van der Waals surface area (Å²) in [5.74, 6) is 0.211. The highest BCUT2D eigenvalue weighted by atomic mass is 32.1. The molecule has 0 saturated carbocycles. The highest BCUT2D eigenvalue weighted by molar-refractivity contribution is 7.14. The number of aromatic nitrogens is 1. The van der Waals surface area contributed by atoms with E-state index in [1.165, 1.54) is 28.9 Å². The number of aryl methyl sites for hydroxylation is 2. The summed E-state index contributed by atoms with van der Waals surface area (Å²) in [6.45, 7) is 10.1. The molecule has 0 unspecified atom stereocenters. The van der Waals surface area contributed by atoms with Crippen molar-refractivity contribution in [1.82, 2.24) is 19.7 Å². The third-order valence-electron chi connectivity index (χ3n) is 6.45. The molecular formula is C24H33N5O2S. The Morgan fingerprint density at radius 1 is 0.938 bits per heavy atom. The fourth-order valence-electron chi connectivity index (χ4n) is 4.27. The van der Waals surface area contributed by atoms with E-state index >= 15 is 0 Å². The van der Waals surface area contributed by atoms with Crippen LogP contribution in [0.3, 0.4) is 0 Å². The van der Waals surface area contributed by atoms with Crippen molar-refractivity contribution in [1.29, 1.82) is 0 Å². The van der Waals surface area contributed by atoms with Crippen LogP contribution in [0.2, 0.25) is 0 Å². The zero-order valence-corrected chi connectivity index (χ0v) is 19.9. The normalized spacial score (nSPS) is 18.0. The Hall–Kier alpha value is -2.29. The van der Waals surface area contributed by atoms with Gasteiger partial charge in [-0.1, -0.05) is 12.1 Å². The van der Waals surface area contributed by atoms with Crippen LogP contribution in [-0.2, 0) is 9.59 Å². The lowest BCUT2D eigenvalue weighted by molar-refractivity contribution is -0.134. The molecule has 7 nitrogen and oxygen atoms in total. The number of piperazine rings is 1. The number of anilines is 1. The van der Waals surface area contributed by atoms with Gasteiger partial charge in [0.2, 0.25) is 11.8 Å². The molecular weight excluding hydrogens is 422 g/mol. The van der Waals surface area contributed by atoms with Crippen molar-refractivity contribution >= 4 is 28.3 Å². The molecule has 2 fully saturated rings. The van der Waals surface area contributed by atoms with Crippen LogP contribution in [0.5, 0.6) is 0 Å². The second kappa shape index (κ2) is 10.6. The van der Waals surface area contributed by atoms with E-state index in [1.54, 1.807) is 0 Å². The molecule has 0 bridgehead atoms. The van der Waals surface area contributed by atoms with Gasteiger partial charge in [0.05, 0.1) is 18.8 Å². The molecule has 3 heterocycles. The van der Waals surface area contributed by atoms with Gasteiger partial charge in [0.25, 0.3) is 0 Å². The number of thiazole rings is 1. The van der Waals surface area contributed by atoms with Crippen LogP contribution >= 0.6 is 11.3 Å². The van der Waals surface area contributed by atoms with Crippen molar-refractivity contribution in [2.75, 3.05) is 57.7 Å². The van der Waals surface area contributed by atoms with Crippen LogP contribution in [0.4, 0.5) is 5.13 Å². The smallest absolute Gasteiger partial charge is 0.240 e. The van der Waals surface area contributed by atoms with E-state index in [4.69, 9.17) is 0 Å². The van der Waals surface area contributed by atoms with Gasteiger partial charge in [0, 0.05) is 50.2 Å². The van der Waals surface area contributed by atoms with Gasteiger partial charge >= 0.3 is 0 Å². The third kappa shape index (κ3) is 5.94. The van der Waals surface area contributed by atoms with Crippen LogP contribution in [0.1, 0.15) is 30.4 Å². The van der Waals surface area contributed by atoms with Crippen molar-refractivity contribution in [3.63, 3.8) is 0 Å². The Kier molecular flexibility index (Phi) is 7.55. The largest absolute Gasteiger partial charge is 0.342 e. The minimum Gasteiger partial charge on any atom is -0.342 e. The molecule has 0 radical (unpaired) electrons. The number of nitrogens with zero attached hydrogens (tertiary/aromatic N) is 4. The molecule has 0 spiro atoms. The molecule has 2 saturated heterocycles. The topological polar surface area (TPSA) is 68.8 Å². The van der Waals surface area contributed by atoms with E-state index in [0.29, 0.717) is 18.2 Å². The average Bonchev–Trinajstić information content (AvgIpc) is 3.26. The molecule has 2 aromatic rings. The van der Waals surface area contributed by atoms with Crippen LogP contribution in [0.25, 0.3) is 11.3 Å². The van der Waals surface area contributed by atoms with E-state index < -0.39 is 0 Å². The maximum absolute atomic E-state index is 12.5. The fraction of sp³-hybridized carbons (Fsp3) is 0.542. The zero-order valence-electron chi connectivity index (χ0n) is 19.1. The molecule has 8 heteroatoms. The summed E-state index contributed by atoms with van der Waals surface area (Å²) in [6, 6.07) is 6.30. The van der Waals surface area contributed by atoms with Gasteiger partial charge in [0.15, 0.2) is 5.13 Å². The minimum atomic E-state index is -0.0381. The van der Waals surface area contributed by atoms with Crippen molar-refractivity contribution in [2.24, 2.45) is 0 Å². The average molecular weight is 456 g/mol. The molecule has 1 N–H and O–H groups in total. The summed E-state index contributed by atoms with van der Waals surface area (Å²) < 4.78 is 0. The summed E-state index contributed by atoms with van der Waals surface area (Å²) in [7, 11) is 0. The number of nitrogens with one attached hydrogen (secondary N) is 1. The number of benzene rings is 1. The van der Waals surface area contributed by atoms with Gasteiger partial charge in [-0.15, -0.1) is 11.3 Å². The Balaban J connectivity index is 1.21. The van der Waals surface area contributed by atoms with E-state index in [-0.39, 0.29) is 11.8 Å². The Bertz CT molecular complexity index is 946. The number of carbonyl (C=O) groups excluding carboxylic acids is 2. The molecule has 32 heavy (non-hydrogen) atoms. The lowest BCUT2D eigenvalue weighted by atomic mass is 10.1. The molecule has 0 atom stereocenters. The van der Waals surface area contributed by atoms with Gasteiger partial charge in [-0.3, -0.25) is 19.4 Å². The summed E-state index contributed by atoms with van der Waals surface area (Å²) in [6.07, 6.45) is 3.48. The molecule has 172 valence electrons. The molecule has 2 amide bonds. The molecule has 1 aromatic carbocycles. The van der Waals surface area contributed by atoms with Gasteiger partial charge in [0.1, 0.15) is 0 Å². The standard InChI is InChI=1S/C24H33N5O2S/c1-18-6-7-20(14-19(18)2)21-17-32-24(25-21)26-22(30)15-27-10-12-28(13-11-27)16-23(31)29-8-4-3-5-9-29/h6-7,14,17H,3-5,8-13,15-16H2,1-2H3,(H,25,26,30). The van der Waals surface area contributed by atoms with Crippen LogP contribution in [0, 0.1) is 13.8 Å².